The Morgan fingerprint density at radius 1 is 1.15 bits per heavy atom. The highest BCUT2D eigenvalue weighted by atomic mass is 16.5. The lowest BCUT2D eigenvalue weighted by Gasteiger charge is -2.16. The van der Waals surface area contributed by atoms with Gasteiger partial charge in [-0.1, -0.05) is 0 Å². The first-order valence-electron chi connectivity index (χ1n) is 10.9. The Labute approximate surface area is 190 Å². The summed E-state index contributed by atoms with van der Waals surface area (Å²) in [4.78, 5) is 27.5. The van der Waals surface area contributed by atoms with Crippen LogP contribution in [0.4, 0.5) is 5.95 Å². The van der Waals surface area contributed by atoms with Crippen molar-refractivity contribution in [3.8, 4) is 22.9 Å². The van der Waals surface area contributed by atoms with Crippen LogP contribution < -0.4 is 14.8 Å². The molecule has 0 unspecified atom stereocenters. The van der Waals surface area contributed by atoms with E-state index in [1.54, 1.807) is 31.1 Å². The number of methoxy groups -OCH3 is 2. The number of hydrogen-bond acceptors (Lipinski definition) is 8. The number of anilines is 1. The van der Waals surface area contributed by atoms with Crippen LogP contribution in [0.1, 0.15) is 19.3 Å². The van der Waals surface area contributed by atoms with Crippen LogP contribution in [-0.2, 0) is 4.79 Å². The average molecular weight is 447 g/mol. The molecule has 1 aliphatic rings. The van der Waals surface area contributed by atoms with E-state index in [2.05, 4.69) is 10.3 Å². The summed E-state index contributed by atoms with van der Waals surface area (Å²) in [6.45, 7) is 2.22. The molecule has 4 heterocycles. The summed E-state index contributed by atoms with van der Waals surface area (Å²) in [5.74, 6) is 2.54. The quantitative estimate of drug-likeness (QED) is 0.411. The number of fused-ring (bicyclic) bond motifs is 3. The van der Waals surface area contributed by atoms with Gasteiger partial charge in [-0.05, 0) is 31.0 Å². The number of carbonyl (C=O) groups excluding carboxylic acids is 1. The van der Waals surface area contributed by atoms with Crippen molar-refractivity contribution in [3.05, 3.63) is 36.7 Å². The molecule has 1 fully saturated rings. The van der Waals surface area contributed by atoms with Gasteiger partial charge in [0.2, 0.25) is 11.9 Å². The van der Waals surface area contributed by atoms with E-state index < -0.39 is 0 Å². The summed E-state index contributed by atoms with van der Waals surface area (Å²) in [5.41, 5.74) is 2.17. The number of hydrogen-bond donors (Lipinski definition) is 1. The van der Waals surface area contributed by atoms with Gasteiger partial charge in [-0.25, -0.2) is 9.97 Å². The Kier molecular flexibility index (Phi) is 5.64. The lowest BCUT2D eigenvalue weighted by atomic mass is 10.2. The number of nitrogens with zero attached hydrogens (tertiary/aromatic N) is 6. The van der Waals surface area contributed by atoms with Crippen LogP contribution in [0, 0.1) is 0 Å². The largest absolute Gasteiger partial charge is 0.493 e. The molecule has 4 aromatic rings. The van der Waals surface area contributed by atoms with Gasteiger partial charge in [-0.15, -0.1) is 5.10 Å². The number of nitrogens with one attached hydrogen (secondary N) is 1. The van der Waals surface area contributed by atoms with Crippen LogP contribution in [-0.4, -0.2) is 69.2 Å². The van der Waals surface area contributed by atoms with Crippen LogP contribution in [0.3, 0.4) is 0 Å². The maximum atomic E-state index is 11.9. The van der Waals surface area contributed by atoms with E-state index in [9.17, 15) is 4.79 Å². The maximum absolute atomic E-state index is 11.9. The first kappa shape index (κ1) is 20.9. The molecule has 1 saturated heterocycles. The molecule has 33 heavy (non-hydrogen) atoms. The molecule has 0 bridgehead atoms. The second kappa shape index (κ2) is 8.89. The molecule has 10 heteroatoms. The van der Waals surface area contributed by atoms with E-state index in [1.165, 1.54) is 0 Å². The number of rotatable bonds is 8. The fourth-order valence-electron chi connectivity index (χ4n) is 4.08. The van der Waals surface area contributed by atoms with Gasteiger partial charge in [0.15, 0.2) is 23.0 Å². The maximum Gasteiger partial charge on any atom is 0.226 e. The number of likely N-dealkylation sites (tertiary alicyclic amines) is 1. The van der Waals surface area contributed by atoms with Gasteiger partial charge in [0.1, 0.15) is 0 Å². The number of amides is 1. The van der Waals surface area contributed by atoms with E-state index in [4.69, 9.17) is 24.5 Å². The lowest BCUT2D eigenvalue weighted by Crippen LogP contribution is -2.27. The number of benzene rings is 1. The predicted octanol–water partition coefficient (Wildman–Crippen LogP) is 2.78. The minimum atomic E-state index is 0.236. The molecule has 10 nitrogen and oxygen atoms in total. The summed E-state index contributed by atoms with van der Waals surface area (Å²) in [6, 6.07) is 7.47. The van der Waals surface area contributed by atoms with Crippen molar-refractivity contribution in [1.29, 1.82) is 0 Å². The Bertz CT molecular complexity index is 1310. The highest BCUT2D eigenvalue weighted by molar-refractivity contribution is 5.95. The SMILES string of the molecule is COc1cc2nc(NCCCN3CCCC3=O)n3nc(-c4cccnc4)nc3c2cc1OC. The Morgan fingerprint density at radius 2 is 2.00 bits per heavy atom. The zero-order valence-electron chi connectivity index (χ0n) is 18.6. The smallest absolute Gasteiger partial charge is 0.226 e. The molecule has 170 valence electrons. The standard InChI is InChI=1S/C23H25N7O3/c1-32-18-12-16-17(13-19(18)33-2)26-23(25-9-5-11-29-10-4-7-20(29)31)30-22(16)27-21(28-30)15-6-3-8-24-14-15/h3,6,8,12-14H,4-5,7,9-11H2,1-2H3,(H,25,26). The van der Waals surface area contributed by atoms with Gasteiger partial charge < -0.3 is 19.7 Å². The van der Waals surface area contributed by atoms with E-state index in [0.717, 1.165) is 36.9 Å². The molecule has 0 radical (unpaired) electrons. The summed E-state index contributed by atoms with van der Waals surface area (Å²) >= 11 is 0. The molecule has 3 aromatic heterocycles. The topological polar surface area (TPSA) is 107 Å². The number of aromatic nitrogens is 5. The monoisotopic (exact) mass is 447 g/mol. The molecule has 0 aliphatic carbocycles. The second-order valence-electron chi connectivity index (χ2n) is 7.84. The van der Waals surface area contributed by atoms with Crippen LogP contribution in [0.25, 0.3) is 27.9 Å². The highest BCUT2D eigenvalue weighted by Crippen LogP contribution is 2.34. The van der Waals surface area contributed by atoms with Crippen molar-refractivity contribution in [3.63, 3.8) is 0 Å². The van der Waals surface area contributed by atoms with E-state index >= 15 is 0 Å². The molecule has 0 saturated carbocycles. The number of carbonyl (C=O) groups is 1. The third kappa shape index (κ3) is 3.99. The fourth-order valence-corrected chi connectivity index (χ4v) is 4.08. The van der Waals surface area contributed by atoms with Crippen molar-refractivity contribution in [2.45, 2.75) is 19.3 Å². The molecule has 1 aliphatic heterocycles. The Balaban J connectivity index is 1.52. The van der Waals surface area contributed by atoms with Crippen LogP contribution in [0.2, 0.25) is 0 Å². The van der Waals surface area contributed by atoms with Crippen molar-refractivity contribution < 1.29 is 14.3 Å². The average Bonchev–Trinajstić information content (AvgIpc) is 3.48. The minimum Gasteiger partial charge on any atom is -0.493 e. The predicted molar refractivity (Wildman–Crippen MR) is 124 cm³/mol. The molecule has 1 amide bonds. The third-order valence-electron chi connectivity index (χ3n) is 5.76. The first-order valence-corrected chi connectivity index (χ1v) is 10.9. The Hall–Kier alpha value is -3.95. The normalized spacial score (nSPS) is 13.8. The van der Waals surface area contributed by atoms with Gasteiger partial charge in [0, 0.05) is 55.5 Å². The van der Waals surface area contributed by atoms with Gasteiger partial charge in [-0.2, -0.15) is 4.52 Å². The minimum absolute atomic E-state index is 0.236. The van der Waals surface area contributed by atoms with Crippen LogP contribution in [0.15, 0.2) is 36.7 Å². The van der Waals surface area contributed by atoms with Crippen molar-refractivity contribution in [1.82, 2.24) is 29.5 Å². The summed E-state index contributed by atoms with van der Waals surface area (Å²) in [6.07, 6.45) is 5.85. The van der Waals surface area contributed by atoms with Crippen molar-refractivity contribution in [2.24, 2.45) is 0 Å². The van der Waals surface area contributed by atoms with Crippen molar-refractivity contribution in [2.75, 3.05) is 39.2 Å². The lowest BCUT2D eigenvalue weighted by molar-refractivity contribution is -0.127. The summed E-state index contributed by atoms with van der Waals surface area (Å²) in [7, 11) is 3.19. The van der Waals surface area contributed by atoms with Gasteiger partial charge in [-0.3, -0.25) is 9.78 Å². The zero-order chi connectivity index (χ0) is 22.8. The molecular weight excluding hydrogens is 422 g/mol. The molecule has 5 rings (SSSR count). The summed E-state index contributed by atoms with van der Waals surface area (Å²) < 4.78 is 12.7. The van der Waals surface area contributed by atoms with Crippen LogP contribution in [0.5, 0.6) is 11.5 Å². The second-order valence-corrected chi connectivity index (χ2v) is 7.84. The molecule has 1 aromatic carbocycles. The number of pyridine rings is 1. The molecular formula is C23H25N7O3. The Morgan fingerprint density at radius 3 is 2.73 bits per heavy atom. The third-order valence-corrected chi connectivity index (χ3v) is 5.76. The molecule has 0 spiro atoms. The molecule has 1 N–H and O–H groups in total. The zero-order valence-corrected chi connectivity index (χ0v) is 18.6. The van der Waals surface area contributed by atoms with Gasteiger partial charge >= 0.3 is 0 Å². The van der Waals surface area contributed by atoms with Gasteiger partial charge in [0.05, 0.1) is 19.7 Å². The van der Waals surface area contributed by atoms with Crippen LogP contribution >= 0.6 is 0 Å². The van der Waals surface area contributed by atoms with E-state index in [-0.39, 0.29) is 5.91 Å². The fraction of sp³-hybridized carbons (Fsp3) is 0.348. The van der Waals surface area contributed by atoms with E-state index in [1.807, 2.05) is 29.2 Å². The van der Waals surface area contributed by atoms with E-state index in [0.29, 0.717) is 47.4 Å². The number of ether oxygens (including phenoxy) is 2. The molecule has 0 atom stereocenters. The van der Waals surface area contributed by atoms with Crippen molar-refractivity contribution >= 4 is 28.4 Å². The van der Waals surface area contributed by atoms with Gasteiger partial charge in [0.25, 0.3) is 0 Å². The first-order chi connectivity index (χ1) is 16.2. The summed E-state index contributed by atoms with van der Waals surface area (Å²) in [5, 5.41) is 8.87. The highest BCUT2D eigenvalue weighted by Gasteiger charge is 2.20.